The SMILES string of the molecule is CCN(CC)C(C)CNC(=O)c1csc(C)n1. The van der Waals surface area contributed by atoms with Gasteiger partial charge in [0.25, 0.3) is 5.91 Å². The molecule has 1 atom stereocenters. The van der Waals surface area contributed by atoms with Gasteiger partial charge in [0.15, 0.2) is 0 Å². The van der Waals surface area contributed by atoms with Crippen molar-refractivity contribution in [3.05, 3.63) is 16.1 Å². The fourth-order valence-corrected chi connectivity index (χ4v) is 2.37. The fourth-order valence-electron chi connectivity index (χ4n) is 1.77. The number of carbonyl (C=O) groups excluding carboxylic acids is 1. The maximum absolute atomic E-state index is 11.8. The van der Waals surface area contributed by atoms with E-state index in [0.29, 0.717) is 18.3 Å². The number of hydrogen-bond acceptors (Lipinski definition) is 4. The largest absolute Gasteiger partial charge is 0.349 e. The molecule has 1 amide bonds. The van der Waals surface area contributed by atoms with Crippen LogP contribution in [0.1, 0.15) is 36.3 Å². The van der Waals surface area contributed by atoms with Crippen LogP contribution in [0.15, 0.2) is 5.38 Å². The normalized spacial score (nSPS) is 12.8. The minimum atomic E-state index is -0.0756. The maximum Gasteiger partial charge on any atom is 0.270 e. The number of hydrogen-bond donors (Lipinski definition) is 1. The third kappa shape index (κ3) is 4.09. The molecule has 1 aromatic rings. The molecule has 96 valence electrons. The molecule has 1 aromatic heterocycles. The molecule has 1 rings (SSSR count). The molecule has 1 N–H and O–H groups in total. The van der Waals surface area contributed by atoms with Gasteiger partial charge in [0.05, 0.1) is 5.01 Å². The van der Waals surface area contributed by atoms with Gasteiger partial charge in [-0.3, -0.25) is 9.69 Å². The molecule has 0 aliphatic rings. The predicted octanol–water partition coefficient (Wildman–Crippen LogP) is 1.91. The highest BCUT2D eigenvalue weighted by atomic mass is 32.1. The van der Waals surface area contributed by atoms with E-state index in [0.717, 1.165) is 18.1 Å². The highest BCUT2D eigenvalue weighted by Crippen LogP contribution is 2.07. The van der Waals surface area contributed by atoms with Crippen molar-refractivity contribution in [1.29, 1.82) is 0 Å². The van der Waals surface area contributed by atoms with Crippen LogP contribution >= 0.6 is 11.3 Å². The molecule has 0 saturated heterocycles. The quantitative estimate of drug-likeness (QED) is 0.844. The summed E-state index contributed by atoms with van der Waals surface area (Å²) in [6.45, 7) is 11.0. The lowest BCUT2D eigenvalue weighted by Gasteiger charge is -2.26. The lowest BCUT2D eigenvalue weighted by atomic mass is 10.2. The Labute approximate surface area is 107 Å². The Bertz CT molecular complexity index is 360. The van der Waals surface area contributed by atoms with Crippen molar-refractivity contribution in [3.63, 3.8) is 0 Å². The van der Waals surface area contributed by atoms with Gasteiger partial charge in [-0.15, -0.1) is 11.3 Å². The highest BCUT2D eigenvalue weighted by Gasteiger charge is 2.13. The van der Waals surface area contributed by atoms with E-state index in [1.165, 1.54) is 11.3 Å². The molecule has 0 aromatic carbocycles. The Kier molecular flexibility index (Phi) is 5.58. The average Bonchev–Trinajstić information content (AvgIpc) is 2.74. The van der Waals surface area contributed by atoms with Crippen LogP contribution in [0.4, 0.5) is 0 Å². The third-order valence-corrected chi connectivity index (χ3v) is 3.62. The Hall–Kier alpha value is -0.940. The number of aryl methyl sites for hydroxylation is 1. The summed E-state index contributed by atoms with van der Waals surface area (Å²) in [6.07, 6.45) is 0. The van der Waals surface area contributed by atoms with Crippen LogP contribution in [-0.4, -0.2) is 41.5 Å². The number of amides is 1. The molecule has 0 fully saturated rings. The van der Waals surface area contributed by atoms with Crippen molar-refractivity contribution >= 4 is 17.2 Å². The van der Waals surface area contributed by atoms with Gasteiger partial charge in [0, 0.05) is 18.0 Å². The first-order valence-electron chi connectivity index (χ1n) is 6.02. The van der Waals surface area contributed by atoms with E-state index in [1.807, 2.05) is 6.92 Å². The number of nitrogens with zero attached hydrogens (tertiary/aromatic N) is 2. The Balaban J connectivity index is 2.43. The fraction of sp³-hybridized carbons (Fsp3) is 0.667. The molecular formula is C12H21N3OS. The summed E-state index contributed by atoms with van der Waals surface area (Å²) in [7, 11) is 0. The highest BCUT2D eigenvalue weighted by molar-refractivity contribution is 7.09. The van der Waals surface area contributed by atoms with Crippen LogP contribution in [0.25, 0.3) is 0 Å². The predicted molar refractivity (Wildman–Crippen MR) is 71.6 cm³/mol. The van der Waals surface area contributed by atoms with Gasteiger partial charge in [-0.1, -0.05) is 13.8 Å². The standard InChI is InChI=1S/C12H21N3OS/c1-5-15(6-2)9(3)7-13-12(16)11-8-17-10(4)14-11/h8-9H,5-7H2,1-4H3,(H,13,16). The Morgan fingerprint density at radius 2 is 2.18 bits per heavy atom. The molecule has 0 aliphatic carbocycles. The van der Waals surface area contributed by atoms with E-state index in [1.54, 1.807) is 5.38 Å². The molecule has 0 aliphatic heterocycles. The smallest absolute Gasteiger partial charge is 0.270 e. The first-order chi connectivity index (χ1) is 8.08. The van der Waals surface area contributed by atoms with Crippen molar-refractivity contribution in [2.24, 2.45) is 0 Å². The van der Waals surface area contributed by atoms with E-state index in [2.05, 4.69) is 36.0 Å². The summed E-state index contributed by atoms with van der Waals surface area (Å²) in [4.78, 5) is 18.3. The number of aromatic nitrogens is 1. The zero-order valence-corrected chi connectivity index (χ0v) is 11.8. The molecule has 0 bridgehead atoms. The van der Waals surface area contributed by atoms with Gasteiger partial charge in [0.2, 0.25) is 0 Å². The summed E-state index contributed by atoms with van der Waals surface area (Å²) in [5.74, 6) is -0.0756. The molecule has 1 unspecified atom stereocenters. The van der Waals surface area contributed by atoms with E-state index in [-0.39, 0.29) is 5.91 Å². The van der Waals surface area contributed by atoms with Gasteiger partial charge in [0.1, 0.15) is 5.69 Å². The summed E-state index contributed by atoms with van der Waals surface area (Å²) < 4.78 is 0. The second-order valence-electron chi connectivity index (χ2n) is 4.03. The molecule has 0 radical (unpaired) electrons. The van der Waals surface area contributed by atoms with E-state index in [4.69, 9.17) is 0 Å². The zero-order chi connectivity index (χ0) is 12.8. The third-order valence-electron chi connectivity index (χ3n) is 2.85. The number of likely N-dealkylation sites (N-methyl/N-ethyl adjacent to an activating group) is 1. The second kappa shape index (κ2) is 6.71. The first kappa shape index (κ1) is 14.1. The number of nitrogens with one attached hydrogen (secondary N) is 1. The van der Waals surface area contributed by atoms with Crippen molar-refractivity contribution in [1.82, 2.24) is 15.2 Å². The molecule has 0 saturated carbocycles. The minimum absolute atomic E-state index is 0.0756. The van der Waals surface area contributed by atoms with Crippen molar-refractivity contribution in [3.8, 4) is 0 Å². The number of thiazole rings is 1. The molecular weight excluding hydrogens is 234 g/mol. The van der Waals surface area contributed by atoms with Crippen LogP contribution in [0.5, 0.6) is 0 Å². The topological polar surface area (TPSA) is 45.2 Å². The van der Waals surface area contributed by atoms with Gasteiger partial charge in [-0.2, -0.15) is 0 Å². The van der Waals surface area contributed by atoms with E-state index < -0.39 is 0 Å². The molecule has 4 nitrogen and oxygen atoms in total. The average molecular weight is 255 g/mol. The summed E-state index contributed by atoms with van der Waals surface area (Å²) in [5, 5.41) is 5.65. The van der Waals surface area contributed by atoms with Gasteiger partial charge >= 0.3 is 0 Å². The summed E-state index contributed by atoms with van der Waals surface area (Å²) in [5.41, 5.74) is 0.527. The monoisotopic (exact) mass is 255 g/mol. The first-order valence-corrected chi connectivity index (χ1v) is 6.90. The summed E-state index contributed by atoms with van der Waals surface area (Å²) in [6, 6.07) is 0.355. The van der Waals surface area contributed by atoms with Crippen LogP contribution in [0.3, 0.4) is 0 Å². The van der Waals surface area contributed by atoms with Crippen molar-refractivity contribution in [2.45, 2.75) is 33.7 Å². The van der Waals surface area contributed by atoms with E-state index in [9.17, 15) is 4.79 Å². The maximum atomic E-state index is 11.8. The van der Waals surface area contributed by atoms with Crippen molar-refractivity contribution < 1.29 is 4.79 Å². The molecule has 17 heavy (non-hydrogen) atoms. The Morgan fingerprint density at radius 1 is 1.53 bits per heavy atom. The van der Waals surface area contributed by atoms with Gasteiger partial charge in [-0.25, -0.2) is 4.98 Å². The minimum Gasteiger partial charge on any atom is -0.349 e. The van der Waals surface area contributed by atoms with Gasteiger partial charge < -0.3 is 5.32 Å². The lowest BCUT2D eigenvalue weighted by molar-refractivity contribution is 0.0933. The van der Waals surface area contributed by atoms with Gasteiger partial charge in [-0.05, 0) is 26.9 Å². The molecule has 1 heterocycles. The van der Waals surface area contributed by atoms with Crippen LogP contribution in [-0.2, 0) is 0 Å². The number of rotatable bonds is 6. The zero-order valence-electron chi connectivity index (χ0n) is 11.0. The van der Waals surface area contributed by atoms with Crippen LogP contribution < -0.4 is 5.32 Å². The molecule has 5 heteroatoms. The summed E-state index contributed by atoms with van der Waals surface area (Å²) >= 11 is 1.50. The van der Waals surface area contributed by atoms with Crippen LogP contribution in [0, 0.1) is 6.92 Å². The Morgan fingerprint density at radius 3 is 2.65 bits per heavy atom. The second-order valence-corrected chi connectivity index (χ2v) is 5.09. The van der Waals surface area contributed by atoms with E-state index >= 15 is 0 Å². The lowest BCUT2D eigenvalue weighted by Crippen LogP contribution is -2.42. The van der Waals surface area contributed by atoms with Crippen molar-refractivity contribution in [2.75, 3.05) is 19.6 Å². The number of carbonyl (C=O) groups is 1. The molecule has 0 spiro atoms. The van der Waals surface area contributed by atoms with Crippen LogP contribution in [0.2, 0.25) is 0 Å².